The number of nitrogens with one attached hydrogen (secondary N) is 1. The number of nitrogens with zero attached hydrogens (tertiary/aromatic N) is 2. The van der Waals surface area contributed by atoms with E-state index in [0.717, 1.165) is 6.42 Å². The van der Waals surface area contributed by atoms with Gasteiger partial charge in [0, 0.05) is 6.04 Å². The maximum atomic E-state index is 5.09. The van der Waals surface area contributed by atoms with Crippen LogP contribution in [0, 0.1) is 12.8 Å². The van der Waals surface area contributed by atoms with E-state index in [1.165, 1.54) is 11.1 Å². The molecule has 108 valence electrons. The van der Waals surface area contributed by atoms with Gasteiger partial charge in [0.25, 0.3) is 0 Å². The summed E-state index contributed by atoms with van der Waals surface area (Å²) in [6.07, 6.45) is 1.13. The number of hydrogen-bond donors (Lipinski definition) is 1. The second-order valence-corrected chi connectivity index (χ2v) is 5.68. The molecule has 0 amide bonds. The molecule has 1 heterocycles. The molecule has 0 aliphatic carbocycles. The lowest BCUT2D eigenvalue weighted by Crippen LogP contribution is -2.18. The van der Waals surface area contributed by atoms with Crippen LogP contribution in [0.15, 0.2) is 28.8 Å². The van der Waals surface area contributed by atoms with Crippen molar-refractivity contribution in [2.45, 2.75) is 46.7 Å². The first-order valence-corrected chi connectivity index (χ1v) is 7.16. The van der Waals surface area contributed by atoms with E-state index in [9.17, 15) is 0 Å². The van der Waals surface area contributed by atoms with Gasteiger partial charge in [-0.25, -0.2) is 0 Å². The van der Waals surface area contributed by atoms with Crippen LogP contribution >= 0.6 is 0 Å². The van der Waals surface area contributed by atoms with Crippen molar-refractivity contribution >= 4 is 0 Å². The molecular weight excluding hydrogens is 250 g/mol. The fourth-order valence-electron chi connectivity index (χ4n) is 2.18. The SMILES string of the molecule is Cc1noc(CNC(C)c2ccc(CC(C)C)cc2)n1. The van der Waals surface area contributed by atoms with Gasteiger partial charge in [-0.1, -0.05) is 43.3 Å². The van der Waals surface area contributed by atoms with E-state index in [1.807, 2.05) is 6.92 Å². The van der Waals surface area contributed by atoms with Crippen LogP contribution in [0.3, 0.4) is 0 Å². The predicted molar refractivity (Wildman–Crippen MR) is 79.3 cm³/mol. The highest BCUT2D eigenvalue weighted by Crippen LogP contribution is 2.16. The van der Waals surface area contributed by atoms with Crippen LogP contribution in [0.25, 0.3) is 0 Å². The minimum Gasteiger partial charge on any atom is -0.338 e. The second kappa shape index (κ2) is 6.66. The van der Waals surface area contributed by atoms with Gasteiger partial charge in [-0.3, -0.25) is 0 Å². The number of aryl methyl sites for hydroxylation is 1. The molecule has 1 aromatic carbocycles. The van der Waals surface area contributed by atoms with E-state index in [2.05, 4.69) is 60.5 Å². The molecule has 2 aromatic rings. The Morgan fingerprint density at radius 1 is 1.15 bits per heavy atom. The van der Waals surface area contributed by atoms with Crippen molar-refractivity contribution in [2.24, 2.45) is 5.92 Å². The van der Waals surface area contributed by atoms with E-state index in [4.69, 9.17) is 4.52 Å². The summed E-state index contributed by atoms with van der Waals surface area (Å²) >= 11 is 0. The average molecular weight is 273 g/mol. The van der Waals surface area contributed by atoms with Crippen molar-refractivity contribution in [3.05, 3.63) is 47.1 Å². The van der Waals surface area contributed by atoms with Crippen molar-refractivity contribution in [1.29, 1.82) is 0 Å². The third-order valence-electron chi connectivity index (χ3n) is 3.25. The van der Waals surface area contributed by atoms with Crippen LogP contribution in [0.1, 0.15) is 49.7 Å². The quantitative estimate of drug-likeness (QED) is 0.876. The first-order valence-electron chi connectivity index (χ1n) is 7.16. The molecule has 4 nitrogen and oxygen atoms in total. The molecule has 0 bridgehead atoms. The lowest BCUT2D eigenvalue weighted by molar-refractivity contribution is 0.357. The Kier molecular flexibility index (Phi) is 4.90. The highest BCUT2D eigenvalue weighted by molar-refractivity contribution is 5.25. The molecule has 1 atom stereocenters. The molecule has 1 unspecified atom stereocenters. The van der Waals surface area contributed by atoms with Crippen molar-refractivity contribution < 1.29 is 4.52 Å². The molecular formula is C16H23N3O. The molecule has 0 saturated carbocycles. The second-order valence-electron chi connectivity index (χ2n) is 5.68. The molecule has 20 heavy (non-hydrogen) atoms. The van der Waals surface area contributed by atoms with Crippen LogP contribution in [0.5, 0.6) is 0 Å². The van der Waals surface area contributed by atoms with E-state index in [1.54, 1.807) is 0 Å². The van der Waals surface area contributed by atoms with Crippen LogP contribution in [-0.2, 0) is 13.0 Å². The van der Waals surface area contributed by atoms with Gasteiger partial charge in [0.15, 0.2) is 5.82 Å². The van der Waals surface area contributed by atoms with Crippen LogP contribution < -0.4 is 5.32 Å². The zero-order chi connectivity index (χ0) is 14.5. The first-order chi connectivity index (χ1) is 9.54. The zero-order valence-corrected chi connectivity index (χ0v) is 12.7. The molecule has 0 aliphatic heterocycles. The summed E-state index contributed by atoms with van der Waals surface area (Å²) in [5.41, 5.74) is 2.66. The van der Waals surface area contributed by atoms with Gasteiger partial charge in [0.2, 0.25) is 5.89 Å². The Morgan fingerprint density at radius 2 is 1.85 bits per heavy atom. The monoisotopic (exact) mass is 273 g/mol. The van der Waals surface area contributed by atoms with E-state index in [0.29, 0.717) is 24.2 Å². The van der Waals surface area contributed by atoms with Gasteiger partial charge >= 0.3 is 0 Å². The number of aromatic nitrogens is 2. The third kappa shape index (κ3) is 4.17. The number of hydrogen-bond acceptors (Lipinski definition) is 4. The van der Waals surface area contributed by atoms with Crippen molar-refractivity contribution in [3.8, 4) is 0 Å². The van der Waals surface area contributed by atoms with Crippen LogP contribution in [0.2, 0.25) is 0 Å². The van der Waals surface area contributed by atoms with Crippen molar-refractivity contribution in [3.63, 3.8) is 0 Å². The summed E-state index contributed by atoms with van der Waals surface area (Å²) in [4.78, 5) is 4.18. The summed E-state index contributed by atoms with van der Waals surface area (Å²) in [5.74, 6) is 2.00. The lowest BCUT2D eigenvalue weighted by Gasteiger charge is -2.13. The van der Waals surface area contributed by atoms with Crippen LogP contribution in [-0.4, -0.2) is 10.1 Å². The molecule has 0 radical (unpaired) electrons. The summed E-state index contributed by atoms with van der Waals surface area (Å²) in [6, 6.07) is 9.06. The number of benzene rings is 1. The zero-order valence-electron chi connectivity index (χ0n) is 12.7. The topological polar surface area (TPSA) is 51.0 Å². The third-order valence-corrected chi connectivity index (χ3v) is 3.25. The molecule has 0 fully saturated rings. The van der Waals surface area contributed by atoms with E-state index >= 15 is 0 Å². The largest absolute Gasteiger partial charge is 0.338 e. The predicted octanol–water partition coefficient (Wildman–Crippen LogP) is 3.43. The van der Waals surface area contributed by atoms with Crippen molar-refractivity contribution in [2.75, 3.05) is 0 Å². The maximum Gasteiger partial charge on any atom is 0.240 e. The molecule has 1 aromatic heterocycles. The molecule has 4 heteroatoms. The van der Waals surface area contributed by atoms with E-state index in [-0.39, 0.29) is 6.04 Å². The van der Waals surface area contributed by atoms with Gasteiger partial charge in [-0.2, -0.15) is 4.98 Å². The van der Waals surface area contributed by atoms with Gasteiger partial charge in [0.1, 0.15) is 0 Å². The Bertz CT molecular complexity index is 531. The standard InChI is InChI=1S/C16H23N3O/c1-11(2)9-14-5-7-15(8-6-14)12(3)17-10-16-18-13(4)19-20-16/h5-8,11-12,17H,9-10H2,1-4H3. The van der Waals surface area contributed by atoms with Gasteiger partial charge in [-0.05, 0) is 37.3 Å². The van der Waals surface area contributed by atoms with Gasteiger partial charge in [-0.15, -0.1) is 0 Å². The summed E-state index contributed by atoms with van der Waals surface area (Å²) in [7, 11) is 0. The molecule has 0 spiro atoms. The Morgan fingerprint density at radius 3 is 2.40 bits per heavy atom. The highest BCUT2D eigenvalue weighted by atomic mass is 16.5. The smallest absolute Gasteiger partial charge is 0.240 e. The Labute approximate surface area is 120 Å². The summed E-state index contributed by atoms with van der Waals surface area (Å²) in [5, 5.41) is 7.17. The molecule has 2 rings (SSSR count). The van der Waals surface area contributed by atoms with Gasteiger partial charge in [0.05, 0.1) is 6.54 Å². The fraction of sp³-hybridized carbons (Fsp3) is 0.500. The summed E-state index contributed by atoms with van der Waals surface area (Å²) in [6.45, 7) is 9.04. The lowest BCUT2D eigenvalue weighted by atomic mass is 10.00. The molecule has 1 N–H and O–H groups in total. The normalized spacial score (nSPS) is 12.8. The first kappa shape index (κ1) is 14.7. The fourth-order valence-corrected chi connectivity index (χ4v) is 2.18. The minimum absolute atomic E-state index is 0.260. The Hall–Kier alpha value is -1.68. The van der Waals surface area contributed by atoms with E-state index < -0.39 is 0 Å². The maximum absolute atomic E-state index is 5.09. The minimum atomic E-state index is 0.260. The molecule has 0 aliphatic rings. The number of rotatable bonds is 6. The Balaban J connectivity index is 1.90. The average Bonchev–Trinajstić information content (AvgIpc) is 2.82. The highest BCUT2D eigenvalue weighted by Gasteiger charge is 2.08. The van der Waals surface area contributed by atoms with Crippen LogP contribution in [0.4, 0.5) is 0 Å². The van der Waals surface area contributed by atoms with Crippen molar-refractivity contribution in [1.82, 2.24) is 15.5 Å². The summed E-state index contributed by atoms with van der Waals surface area (Å²) < 4.78 is 5.09. The molecule has 0 saturated heterocycles. The van der Waals surface area contributed by atoms with Gasteiger partial charge < -0.3 is 9.84 Å².